The van der Waals surface area contributed by atoms with Crippen LogP contribution in [0.4, 0.5) is 10.2 Å². The van der Waals surface area contributed by atoms with Crippen LogP contribution in [0.3, 0.4) is 0 Å². The second kappa shape index (κ2) is 3.84. The van der Waals surface area contributed by atoms with E-state index in [2.05, 4.69) is 5.10 Å². The third-order valence-corrected chi connectivity index (χ3v) is 2.31. The SMILES string of the molecule is COc1ccc(F)cc1-c1cn(C)nc1N. The van der Waals surface area contributed by atoms with Crippen molar-refractivity contribution in [1.82, 2.24) is 9.78 Å². The number of ether oxygens (including phenoxy) is 1. The average Bonchev–Trinajstić information content (AvgIpc) is 2.57. The van der Waals surface area contributed by atoms with E-state index < -0.39 is 0 Å². The summed E-state index contributed by atoms with van der Waals surface area (Å²) in [4.78, 5) is 0. The molecular weight excluding hydrogens is 209 g/mol. The molecular formula is C11H12FN3O. The summed E-state index contributed by atoms with van der Waals surface area (Å²) in [5, 5.41) is 4.01. The highest BCUT2D eigenvalue weighted by atomic mass is 19.1. The van der Waals surface area contributed by atoms with Crippen LogP contribution >= 0.6 is 0 Å². The molecule has 0 saturated heterocycles. The molecule has 1 aromatic carbocycles. The number of nitrogens with zero attached hydrogens (tertiary/aromatic N) is 2. The summed E-state index contributed by atoms with van der Waals surface area (Å²) in [7, 11) is 3.29. The summed E-state index contributed by atoms with van der Waals surface area (Å²) in [6.07, 6.45) is 1.73. The molecule has 0 spiro atoms. The summed E-state index contributed by atoms with van der Waals surface area (Å²) in [6.45, 7) is 0. The van der Waals surface area contributed by atoms with Crippen molar-refractivity contribution in [2.24, 2.45) is 7.05 Å². The number of aromatic nitrogens is 2. The summed E-state index contributed by atoms with van der Waals surface area (Å²) < 4.78 is 19.9. The maximum absolute atomic E-state index is 13.2. The number of anilines is 1. The molecule has 0 radical (unpaired) electrons. The minimum Gasteiger partial charge on any atom is -0.496 e. The fourth-order valence-electron chi connectivity index (χ4n) is 1.60. The van der Waals surface area contributed by atoms with Gasteiger partial charge in [0.25, 0.3) is 0 Å². The molecule has 84 valence electrons. The monoisotopic (exact) mass is 221 g/mol. The lowest BCUT2D eigenvalue weighted by Crippen LogP contribution is -1.92. The summed E-state index contributed by atoms with van der Waals surface area (Å²) >= 11 is 0. The van der Waals surface area contributed by atoms with Crippen LogP contribution < -0.4 is 10.5 Å². The van der Waals surface area contributed by atoms with E-state index in [4.69, 9.17) is 10.5 Å². The first-order chi connectivity index (χ1) is 7.61. The van der Waals surface area contributed by atoms with Gasteiger partial charge in [0.15, 0.2) is 5.82 Å². The van der Waals surface area contributed by atoms with Crippen LogP contribution in [0.5, 0.6) is 5.75 Å². The van der Waals surface area contributed by atoms with E-state index in [0.717, 1.165) is 0 Å². The largest absolute Gasteiger partial charge is 0.496 e. The second-order valence-electron chi connectivity index (χ2n) is 3.45. The fraction of sp³-hybridized carbons (Fsp3) is 0.182. The maximum Gasteiger partial charge on any atom is 0.153 e. The molecule has 2 rings (SSSR count). The minimum absolute atomic E-state index is 0.334. The Hall–Kier alpha value is -2.04. The second-order valence-corrected chi connectivity index (χ2v) is 3.45. The zero-order chi connectivity index (χ0) is 11.7. The quantitative estimate of drug-likeness (QED) is 0.841. The average molecular weight is 221 g/mol. The van der Waals surface area contributed by atoms with Crippen LogP contribution in [0.2, 0.25) is 0 Å². The lowest BCUT2D eigenvalue weighted by Gasteiger charge is -2.06. The Morgan fingerprint density at radius 1 is 1.38 bits per heavy atom. The van der Waals surface area contributed by atoms with Gasteiger partial charge in [0.2, 0.25) is 0 Å². The molecule has 1 aromatic heterocycles. The fourth-order valence-corrected chi connectivity index (χ4v) is 1.60. The zero-order valence-electron chi connectivity index (χ0n) is 9.07. The molecule has 0 saturated carbocycles. The van der Waals surface area contributed by atoms with Gasteiger partial charge in [-0.25, -0.2) is 4.39 Å². The molecule has 0 aliphatic heterocycles. The summed E-state index contributed by atoms with van der Waals surface area (Å²) in [5.41, 5.74) is 7.01. The van der Waals surface area contributed by atoms with Crippen LogP contribution in [-0.2, 0) is 7.05 Å². The van der Waals surface area contributed by atoms with Crippen LogP contribution in [0.1, 0.15) is 0 Å². The lowest BCUT2D eigenvalue weighted by molar-refractivity contribution is 0.415. The van der Waals surface area contributed by atoms with E-state index >= 15 is 0 Å². The molecule has 4 nitrogen and oxygen atoms in total. The Morgan fingerprint density at radius 2 is 2.12 bits per heavy atom. The highest BCUT2D eigenvalue weighted by Gasteiger charge is 2.12. The molecule has 2 N–H and O–H groups in total. The molecule has 0 aliphatic carbocycles. The van der Waals surface area contributed by atoms with Crippen molar-refractivity contribution < 1.29 is 9.13 Å². The van der Waals surface area contributed by atoms with Crippen molar-refractivity contribution in [3.63, 3.8) is 0 Å². The number of aryl methyl sites for hydroxylation is 1. The summed E-state index contributed by atoms with van der Waals surface area (Å²) in [6, 6.07) is 4.29. The minimum atomic E-state index is -0.334. The van der Waals surface area contributed by atoms with Gasteiger partial charge < -0.3 is 10.5 Å². The Balaban J connectivity index is 2.62. The van der Waals surface area contributed by atoms with Crippen LogP contribution in [-0.4, -0.2) is 16.9 Å². The van der Waals surface area contributed by atoms with Crippen molar-refractivity contribution in [2.75, 3.05) is 12.8 Å². The predicted molar refractivity (Wildman–Crippen MR) is 59.6 cm³/mol. The number of halogens is 1. The molecule has 0 unspecified atom stereocenters. The normalized spacial score (nSPS) is 10.4. The first-order valence-corrected chi connectivity index (χ1v) is 4.75. The molecule has 16 heavy (non-hydrogen) atoms. The van der Waals surface area contributed by atoms with E-state index in [1.54, 1.807) is 24.0 Å². The van der Waals surface area contributed by atoms with Gasteiger partial charge in [-0.3, -0.25) is 4.68 Å². The third-order valence-electron chi connectivity index (χ3n) is 2.31. The number of rotatable bonds is 2. The van der Waals surface area contributed by atoms with Gasteiger partial charge in [0.1, 0.15) is 11.6 Å². The number of hydrogen-bond acceptors (Lipinski definition) is 3. The van der Waals surface area contributed by atoms with E-state index in [-0.39, 0.29) is 5.82 Å². The third kappa shape index (κ3) is 1.71. The maximum atomic E-state index is 13.2. The van der Waals surface area contributed by atoms with Crippen molar-refractivity contribution in [2.45, 2.75) is 0 Å². The Bertz CT molecular complexity index is 522. The van der Waals surface area contributed by atoms with E-state index in [1.807, 2.05) is 0 Å². The van der Waals surface area contributed by atoms with E-state index in [1.165, 1.54) is 19.2 Å². The lowest BCUT2D eigenvalue weighted by atomic mass is 10.1. The van der Waals surface area contributed by atoms with Gasteiger partial charge in [-0.05, 0) is 18.2 Å². The summed E-state index contributed by atoms with van der Waals surface area (Å²) in [5.74, 6) is 0.589. The number of nitrogen functional groups attached to an aromatic ring is 1. The van der Waals surface area contributed by atoms with Gasteiger partial charge in [-0.2, -0.15) is 5.10 Å². The highest BCUT2D eigenvalue weighted by molar-refractivity contribution is 5.78. The standard InChI is InChI=1S/C11H12FN3O/c1-15-6-9(11(13)14-15)8-5-7(12)3-4-10(8)16-2/h3-6H,1-2H3,(H2,13,14). The van der Waals surface area contributed by atoms with Crippen molar-refractivity contribution >= 4 is 5.82 Å². The molecule has 2 aromatic rings. The highest BCUT2D eigenvalue weighted by Crippen LogP contribution is 2.33. The van der Waals surface area contributed by atoms with Gasteiger partial charge in [-0.1, -0.05) is 0 Å². The number of hydrogen-bond donors (Lipinski definition) is 1. The van der Waals surface area contributed by atoms with Crippen molar-refractivity contribution in [1.29, 1.82) is 0 Å². The number of nitrogens with two attached hydrogens (primary N) is 1. The number of methoxy groups -OCH3 is 1. The molecule has 0 amide bonds. The van der Waals surface area contributed by atoms with E-state index in [9.17, 15) is 4.39 Å². The smallest absolute Gasteiger partial charge is 0.153 e. The van der Waals surface area contributed by atoms with Crippen LogP contribution in [0.15, 0.2) is 24.4 Å². The predicted octanol–water partition coefficient (Wildman–Crippen LogP) is 1.82. The molecule has 0 aliphatic rings. The topological polar surface area (TPSA) is 53.1 Å². The zero-order valence-corrected chi connectivity index (χ0v) is 9.07. The molecule has 0 bridgehead atoms. The first kappa shape index (κ1) is 10.5. The Kier molecular flexibility index (Phi) is 2.52. The molecule has 5 heteroatoms. The van der Waals surface area contributed by atoms with Crippen LogP contribution in [0, 0.1) is 5.82 Å². The van der Waals surface area contributed by atoms with Crippen molar-refractivity contribution in [3.05, 3.63) is 30.2 Å². The molecule has 0 fully saturated rings. The number of benzene rings is 1. The Labute approximate surface area is 92.4 Å². The Morgan fingerprint density at radius 3 is 2.69 bits per heavy atom. The van der Waals surface area contributed by atoms with Gasteiger partial charge >= 0.3 is 0 Å². The molecule has 0 atom stereocenters. The van der Waals surface area contributed by atoms with Gasteiger partial charge in [0, 0.05) is 24.4 Å². The molecule has 1 heterocycles. The van der Waals surface area contributed by atoms with Gasteiger partial charge in [-0.15, -0.1) is 0 Å². The van der Waals surface area contributed by atoms with Crippen LogP contribution in [0.25, 0.3) is 11.1 Å². The van der Waals surface area contributed by atoms with Crippen molar-refractivity contribution in [3.8, 4) is 16.9 Å². The first-order valence-electron chi connectivity index (χ1n) is 4.75. The van der Waals surface area contributed by atoms with E-state index in [0.29, 0.717) is 22.7 Å². The van der Waals surface area contributed by atoms with Gasteiger partial charge in [0.05, 0.1) is 7.11 Å².